The van der Waals surface area contributed by atoms with Crippen LogP contribution >= 0.6 is 11.6 Å². The van der Waals surface area contributed by atoms with Gasteiger partial charge in [-0.05, 0) is 43.3 Å². The van der Waals surface area contributed by atoms with Crippen LogP contribution < -0.4 is 20.1 Å². The number of methoxy groups -OCH3 is 2. The molecule has 0 unspecified atom stereocenters. The van der Waals surface area contributed by atoms with Crippen molar-refractivity contribution in [2.45, 2.75) is 6.92 Å². The summed E-state index contributed by atoms with van der Waals surface area (Å²) in [4.78, 5) is 21.2. The summed E-state index contributed by atoms with van der Waals surface area (Å²) in [5.41, 5.74) is 1.60. The molecular formula is C20H19ClN4O3. The number of carbonyl (C=O) groups excluding carboxylic acids is 1. The predicted octanol–water partition coefficient (Wildman–Crippen LogP) is 4.45. The first-order chi connectivity index (χ1) is 13.5. The van der Waals surface area contributed by atoms with Gasteiger partial charge in [0, 0.05) is 28.5 Å². The van der Waals surface area contributed by atoms with E-state index in [2.05, 4.69) is 20.6 Å². The van der Waals surface area contributed by atoms with Crippen molar-refractivity contribution in [3.63, 3.8) is 0 Å². The van der Waals surface area contributed by atoms with Crippen molar-refractivity contribution in [2.75, 3.05) is 24.9 Å². The van der Waals surface area contributed by atoms with Crippen LogP contribution in [0.3, 0.4) is 0 Å². The van der Waals surface area contributed by atoms with E-state index >= 15 is 0 Å². The van der Waals surface area contributed by atoms with Gasteiger partial charge in [0.2, 0.25) is 0 Å². The van der Waals surface area contributed by atoms with E-state index in [1.165, 1.54) is 7.11 Å². The summed E-state index contributed by atoms with van der Waals surface area (Å²) in [6.07, 6.45) is 0. The molecule has 3 aromatic rings. The summed E-state index contributed by atoms with van der Waals surface area (Å²) in [6, 6.07) is 13.9. The van der Waals surface area contributed by atoms with Crippen molar-refractivity contribution < 1.29 is 14.3 Å². The molecule has 2 aromatic carbocycles. The van der Waals surface area contributed by atoms with Crippen LogP contribution in [0.5, 0.6) is 11.5 Å². The summed E-state index contributed by atoms with van der Waals surface area (Å²) < 4.78 is 10.5. The minimum Gasteiger partial charge on any atom is -0.493 e. The van der Waals surface area contributed by atoms with Crippen LogP contribution in [0.25, 0.3) is 0 Å². The topological polar surface area (TPSA) is 85.4 Å². The number of amides is 1. The number of nitrogens with zero attached hydrogens (tertiary/aromatic N) is 2. The quantitative estimate of drug-likeness (QED) is 0.638. The van der Waals surface area contributed by atoms with Gasteiger partial charge in [0.1, 0.15) is 17.3 Å². The third-order valence-electron chi connectivity index (χ3n) is 3.83. The van der Waals surface area contributed by atoms with Gasteiger partial charge >= 0.3 is 0 Å². The Morgan fingerprint density at radius 3 is 2.29 bits per heavy atom. The molecule has 0 bridgehead atoms. The van der Waals surface area contributed by atoms with Crippen molar-refractivity contribution in [1.29, 1.82) is 0 Å². The van der Waals surface area contributed by atoms with Crippen LogP contribution in [-0.2, 0) is 0 Å². The Bertz CT molecular complexity index is 993. The highest BCUT2D eigenvalue weighted by Gasteiger charge is 2.13. The minimum absolute atomic E-state index is 0.235. The first kappa shape index (κ1) is 19.4. The monoisotopic (exact) mass is 398 g/mol. The standard InChI is InChI=1S/C20H19ClN4O3/c1-12-22-16(11-19(23-12)24-14-6-4-13(21)5-7-14)20(26)25-15-8-9-17(27-2)18(10-15)28-3/h4-11H,1-3H3,(H,25,26)(H,22,23,24). The van der Waals surface area contributed by atoms with Gasteiger partial charge in [0.05, 0.1) is 14.2 Å². The summed E-state index contributed by atoms with van der Waals surface area (Å²) in [5.74, 6) is 1.71. The number of carbonyl (C=O) groups is 1. The van der Waals surface area contributed by atoms with Gasteiger partial charge in [-0.2, -0.15) is 0 Å². The van der Waals surface area contributed by atoms with Crippen molar-refractivity contribution >= 4 is 34.7 Å². The molecule has 28 heavy (non-hydrogen) atoms. The molecule has 1 aromatic heterocycles. The van der Waals surface area contributed by atoms with Crippen LogP contribution in [0.1, 0.15) is 16.3 Å². The molecule has 0 saturated heterocycles. The summed E-state index contributed by atoms with van der Waals surface area (Å²) in [6.45, 7) is 1.72. The molecule has 1 heterocycles. The Hall–Kier alpha value is -3.32. The molecule has 0 atom stereocenters. The number of halogens is 1. The number of anilines is 3. The van der Waals surface area contributed by atoms with E-state index in [9.17, 15) is 4.79 Å². The molecule has 0 saturated carbocycles. The zero-order valence-corrected chi connectivity index (χ0v) is 16.4. The number of hydrogen-bond donors (Lipinski definition) is 2. The highest BCUT2D eigenvalue weighted by Crippen LogP contribution is 2.30. The molecule has 1 amide bonds. The molecule has 3 rings (SSSR count). The second kappa shape index (κ2) is 8.58. The molecule has 144 valence electrons. The third kappa shape index (κ3) is 4.69. The Balaban J connectivity index is 1.80. The second-order valence-electron chi connectivity index (χ2n) is 5.84. The van der Waals surface area contributed by atoms with E-state index in [1.54, 1.807) is 50.4 Å². The summed E-state index contributed by atoms with van der Waals surface area (Å²) in [5, 5.41) is 6.58. The van der Waals surface area contributed by atoms with E-state index < -0.39 is 0 Å². The third-order valence-corrected chi connectivity index (χ3v) is 4.08. The minimum atomic E-state index is -0.364. The fourth-order valence-electron chi connectivity index (χ4n) is 2.54. The molecule has 0 aliphatic rings. The van der Waals surface area contributed by atoms with E-state index in [0.29, 0.717) is 33.9 Å². The number of benzene rings is 2. The number of hydrogen-bond acceptors (Lipinski definition) is 6. The van der Waals surface area contributed by atoms with E-state index in [4.69, 9.17) is 21.1 Å². The molecule has 8 heteroatoms. The van der Waals surface area contributed by atoms with Crippen LogP contribution in [-0.4, -0.2) is 30.1 Å². The number of ether oxygens (including phenoxy) is 2. The largest absolute Gasteiger partial charge is 0.493 e. The molecular weight excluding hydrogens is 380 g/mol. The lowest BCUT2D eigenvalue weighted by atomic mass is 10.2. The van der Waals surface area contributed by atoms with Crippen LogP contribution in [0.4, 0.5) is 17.2 Å². The van der Waals surface area contributed by atoms with E-state index in [0.717, 1.165) is 5.69 Å². The van der Waals surface area contributed by atoms with Crippen molar-refractivity contribution in [2.24, 2.45) is 0 Å². The fraction of sp³-hybridized carbons (Fsp3) is 0.150. The average Bonchev–Trinajstić information content (AvgIpc) is 2.69. The lowest BCUT2D eigenvalue weighted by Gasteiger charge is -2.11. The predicted molar refractivity (Wildman–Crippen MR) is 109 cm³/mol. The maximum atomic E-state index is 12.7. The molecule has 2 N–H and O–H groups in total. The molecule has 0 aliphatic heterocycles. The maximum absolute atomic E-state index is 12.7. The first-order valence-electron chi connectivity index (χ1n) is 8.40. The van der Waals surface area contributed by atoms with Crippen molar-refractivity contribution in [1.82, 2.24) is 9.97 Å². The fourth-order valence-corrected chi connectivity index (χ4v) is 2.66. The zero-order valence-electron chi connectivity index (χ0n) is 15.6. The Morgan fingerprint density at radius 2 is 1.61 bits per heavy atom. The van der Waals surface area contributed by atoms with Gasteiger partial charge in [0.15, 0.2) is 11.5 Å². The summed E-state index contributed by atoms with van der Waals surface area (Å²) in [7, 11) is 3.08. The maximum Gasteiger partial charge on any atom is 0.274 e. The SMILES string of the molecule is COc1ccc(NC(=O)c2cc(Nc3ccc(Cl)cc3)nc(C)n2)cc1OC. The highest BCUT2D eigenvalue weighted by atomic mass is 35.5. The van der Waals surface area contributed by atoms with E-state index in [-0.39, 0.29) is 11.6 Å². The molecule has 0 fully saturated rings. The number of aromatic nitrogens is 2. The van der Waals surface area contributed by atoms with Gasteiger partial charge < -0.3 is 20.1 Å². The lowest BCUT2D eigenvalue weighted by molar-refractivity contribution is 0.102. The zero-order chi connectivity index (χ0) is 20.1. The summed E-state index contributed by atoms with van der Waals surface area (Å²) >= 11 is 5.90. The first-order valence-corrected chi connectivity index (χ1v) is 8.78. The molecule has 0 spiro atoms. The molecule has 7 nitrogen and oxygen atoms in total. The number of aryl methyl sites for hydroxylation is 1. The highest BCUT2D eigenvalue weighted by molar-refractivity contribution is 6.30. The normalized spacial score (nSPS) is 10.3. The van der Waals surface area contributed by atoms with Gasteiger partial charge in [-0.15, -0.1) is 0 Å². The van der Waals surface area contributed by atoms with Gasteiger partial charge in [-0.3, -0.25) is 4.79 Å². The lowest BCUT2D eigenvalue weighted by Crippen LogP contribution is -2.15. The van der Waals surface area contributed by atoms with Gasteiger partial charge in [-0.25, -0.2) is 9.97 Å². The van der Waals surface area contributed by atoms with Crippen molar-refractivity contribution in [3.05, 3.63) is 65.1 Å². The van der Waals surface area contributed by atoms with Crippen LogP contribution in [0.2, 0.25) is 5.02 Å². The van der Waals surface area contributed by atoms with Gasteiger partial charge in [-0.1, -0.05) is 11.6 Å². The molecule has 0 radical (unpaired) electrons. The van der Waals surface area contributed by atoms with E-state index in [1.807, 2.05) is 12.1 Å². The Morgan fingerprint density at radius 1 is 0.929 bits per heavy atom. The second-order valence-corrected chi connectivity index (χ2v) is 6.28. The average molecular weight is 399 g/mol. The number of rotatable bonds is 6. The Labute approximate surface area is 167 Å². The smallest absolute Gasteiger partial charge is 0.274 e. The van der Waals surface area contributed by atoms with Gasteiger partial charge in [0.25, 0.3) is 5.91 Å². The number of nitrogens with one attached hydrogen (secondary N) is 2. The molecule has 0 aliphatic carbocycles. The Kier molecular flexibility index (Phi) is 5.96. The van der Waals surface area contributed by atoms with Crippen LogP contribution in [0.15, 0.2) is 48.5 Å². The van der Waals surface area contributed by atoms with Crippen LogP contribution in [0, 0.1) is 6.92 Å². The van der Waals surface area contributed by atoms with Crippen molar-refractivity contribution in [3.8, 4) is 11.5 Å².